The Bertz CT molecular complexity index is 567. The first-order valence-electron chi connectivity index (χ1n) is 6.41. The van der Waals surface area contributed by atoms with Crippen LogP contribution >= 0.6 is 0 Å². The molecule has 0 radical (unpaired) electrons. The van der Waals surface area contributed by atoms with Crippen LogP contribution in [-0.4, -0.2) is 21.3 Å². The van der Waals surface area contributed by atoms with Crippen molar-refractivity contribution < 1.29 is 9.47 Å². The molecule has 106 valence electrons. The Morgan fingerprint density at radius 3 is 2.20 bits per heavy atom. The lowest BCUT2D eigenvalue weighted by molar-refractivity contribution is 0.355. The van der Waals surface area contributed by atoms with E-state index in [1.165, 1.54) is 5.56 Å². The van der Waals surface area contributed by atoms with Gasteiger partial charge in [0.25, 0.3) is 0 Å². The van der Waals surface area contributed by atoms with Crippen LogP contribution in [0.3, 0.4) is 0 Å². The van der Waals surface area contributed by atoms with E-state index in [1.807, 2.05) is 49.5 Å². The van der Waals surface area contributed by atoms with E-state index >= 15 is 0 Å². The highest BCUT2D eigenvalue weighted by Crippen LogP contribution is 2.31. The van der Waals surface area contributed by atoms with Crippen molar-refractivity contribution in [3.05, 3.63) is 48.0 Å². The molecular weight excluding hydrogens is 252 g/mol. The molecule has 0 saturated heterocycles. The topological polar surface area (TPSA) is 47.7 Å². The molecule has 0 amide bonds. The molecule has 2 N–H and O–H groups in total. The maximum atomic E-state index is 5.69. The highest BCUT2D eigenvalue weighted by Gasteiger charge is 2.08. The average molecular weight is 272 g/mol. The van der Waals surface area contributed by atoms with Gasteiger partial charge in [-0.15, -0.1) is 0 Å². The van der Waals surface area contributed by atoms with Crippen LogP contribution < -0.4 is 20.1 Å². The van der Waals surface area contributed by atoms with Crippen molar-refractivity contribution in [2.45, 2.75) is 6.54 Å². The van der Waals surface area contributed by atoms with Gasteiger partial charge in [-0.1, -0.05) is 12.1 Å². The van der Waals surface area contributed by atoms with Crippen molar-refractivity contribution in [1.82, 2.24) is 0 Å². The number of methoxy groups -OCH3 is 2. The van der Waals surface area contributed by atoms with Gasteiger partial charge in [-0.2, -0.15) is 0 Å². The molecule has 2 aromatic carbocycles. The summed E-state index contributed by atoms with van der Waals surface area (Å²) in [6.45, 7) is 0.801. The van der Waals surface area contributed by atoms with E-state index in [0.717, 1.165) is 29.4 Å². The van der Waals surface area contributed by atoms with E-state index in [9.17, 15) is 0 Å². The Morgan fingerprint density at radius 1 is 0.950 bits per heavy atom. The standard InChI is InChI=1S/C16H20N2O2/c1-18(11-12-4-6-13(17)7-5-12)14-8-9-15(19-2)16(10-14)20-3/h4-10H,11,17H2,1-3H3. The van der Waals surface area contributed by atoms with Crippen LogP contribution in [0, 0.1) is 0 Å². The molecule has 0 aliphatic rings. The van der Waals surface area contributed by atoms with Crippen LogP contribution in [-0.2, 0) is 6.54 Å². The van der Waals surface area contributed by atoms with Crippen molar-refractivity contribution in [2.75, 3.05) is 31.9 Å². The molecule has 0 bridgehead atoms. The quantitative estimate of drug-likeness (QED) is 0.850. The molecule has 0 saturated carbocycles. The van der Waals surface area contributed by atoms with E-state index in [1.54, 1.807) is 14.2 Å². The third-order valence-electron chi connectivity index (χ3n) is 3.21. The highest BCUT2D eigenvalue weighted by molar-refractivity contribution is 5.56. The predicted molar refractivity (Wildman–Crippen MR) is 82.5 cm³/mol. The molecule has 0 aliphatic heterocycles. The Morgan fingerprint density at radius 2 is 1.60 bits per heavy atom. The fourth-order valence-corrected chi connectivity index (χ4v) is 2.05. The molecule has 2 rings (SSSR count). The Balaban J connectivity index is 2.16. The summed E-state index contributed by atoms with van der Waals surface area (Å²) in [4.78, 5) is 2.15. The monoisotopic (exact) mass is 272 g/mol. The Labute approximate surface area is 119 Å². The minimum absolute atomic E-state index is 0.731. The highest BCUT2D eigenvalue weighted by atomic mass is 16.5. The van der Waals surface area contributed by atoms with Gasteiger partial charge < -0.3 is 20.1 Å². The van der Waals surface area contributed by atoms with Gasteiger partial charge in [-0.05, 0) is 29.8 Å². The lowest BCUT2D eigenvalue weighted by Crippen LogP contribution is -2.16. The summed E-state index contributed by atoms with van der Waals surface area (Å²) >= 11 is 0. The van der Waals surface area contributed by atoms with Gasteiger partial charge in [-0.25, -0.2) is 0 Å². The molecule has 0 atom stereocenters. The van der Waals surface area contributed by atoms with Crippen LogP contribution in [0.2, 0.25) is 0 Å². The van der Waals surface area contributed by atoms with E-state index in [0.29, 0.717) is 0 Å². The second kappa shape index (κ2) is 6.19. The van der Waals surface area contributed by atoms with E-state index in [-0.39, 0.29) is 0 Å². The number of ether oxygens (including phenoxy) is 2. The minimum Gasteiger partial charge on any atom is -0.493 e. The van der Waals surface area contributed by atoms with Gasteiger partial charge in [0.2, 0.25) is 0 Å². The summed E-state index contributed by atoms with van der Waals surface area (Å²) in [6, 6.07) is 13.8. The maximum Gasteiger partial charge on any atom is 0.162 e. The first-order valence-corrected chi connectivity index (χ1v) is 6.41. The molecule has 4 heteroatoms. The number of anilines is 2. The summed E-state index contributed by atoms with van der Waals surface area (Å²) in [5, 5.41) is 0. The van der Waals surface area contributed by atoms with Crippen LogP contribution in [0.25, 0.3) is 0 Å². The summed E-state index contributed by atoms with van der Waals surface area (Å²) in [5.74, 6) is 1.46. The zero-order valence-corrected chi connectivity index (χ0v) is 12.1. The average Bonchev–Trinajstić information content (AvgIpc) is 2.48. The summed E-state index contributed by atoms with van der Waals surface area (Å²) < 4.78 is 10.6. The van der Waals surface area contributed by atoms with E-state index in [4.69, 9.17) is 15.2 Å². The number of nitrogens with zero attached hydrogens (tertiary/aromatic N) is 1. The molecule has 2 aromatic rings. The summed E-state index contributed by atoms with van der Waals surface area (Å²) in [5.41, 5.74) is 8.75. The molecule has 0 aromatic heterocycles. The minimum atomic E-state index is 0.731. The number of rotatable bonds is 5. The fraction of sp³-hybridized carbons (Fsp3) is 0.250. The van der Waals surface area contributed by atoms with Gasteiger partial charge in [-0.3, -0.25) is 0 Å². The van der Waals surface area contributed by atoms with Crippen molar-refractivity contribution in [2.24, 2.45) is 0 Å². The molecule has 0 unspecified atom stereocenters. The third kappa shape index (κ3) is 3.15. The molecule has 0 aliphatic carbocycles. The molecular formula is C16H20N2O2. The lowest BCUT2D eigenvalue weighted by Gasteiger charge is -2.21. The molecule has 0 spiro atoms. The van der Waals surface area contributed by atoms with Crippen molar-refractivity contribution in [3.63, 3.8) is 0 Å². The maximum absolute atomic E-state index is 5.69. The fourth-order valence-electron chi connectivity index (χ4n) is 2.05. The second-order valence-electron chi connectivity index (χ2n) is 4.64. The van der Waals surface area contributed by atoms with Crippen LogP contribution in [0.5, 0.6) is 11.5 Å². The number of benzene rings is 2. The molecule has 0 fully saturated rings. The smallest absolute Gasteiger partial charge is 0.162 e. The SMILES string of the molecule is COc1ccc(N(C)Cc2ccc(N)cc2)cc1OC. The Hall–Kier alpha value is -2.36. The van der Waals surface area contributed by atoms with Crippen LogP contribution in [0.15, 0.2) is 42.5 Å². The number of nitrogens with two attached hydrogens (primary N) is 1. The number of nitrogen functional groups attached to an aromatic ring is 1. The number of hydrogen-bond acceptors (Lipinski definition) is 4. The van der Waals surface area contributed by atoms with Crippen molar-refractivity contribution in [1.29, 1.82) is 0 Å². The zero-order chi connectivity index (χ0) is 14.5. The van der Waals surface area contributed by atoms with Crippen molar-refractivity contribution >= 4 is 11.4 Å². The van der Waals surface area contributed by atoms with Crippen LogP contribution in [0.4, 0.5) is 11.4 Å². The molecule has 0 heterocycles. The molecule has 20 heavy (non-hydrogen) atoms. The predicted octanol–water partition coefficient (Wildman–Crippen LogP) is 2.92. The normalized spacial score (nSPS) is 10.2. The van der Waals surface area contributed by atoms with Gasteiger partial charge >= 0.3 is 0 Å². The Kier molecular flexibility index (Phi) is 4.35. The summed E-state index contributed by atoms with van der Waals surface area (Å²) in [7, 11) is 5.31. The first kappa shape index (κ1) is 14.1. The van der Waals surface area contributed by atoms with Crippen LogP contribution in [0.1, 0.15) is 5.56 Å². The number of hydrogen-bond donors (Lipinski definition) is 1. The van der Waals surface area contributed by atoms with Gasteiger partial charge in [0, 0.05) is 31.0 Å². The lowest BCUT2D eigenvalue weighted by atomic mass is 10.2. The third-order valence-corrected chi connectivity index (χ3v) is 3.21. The largest absolute Gasteiger partial charge is 0.493 e. The zero-order valence-electron chi connectivity index (χ0n) is 12.1. The van der Waals surface area contributed by atoms with E-state index in [2.05, 4.69) is 4.90 Å². The van der Waals surface area contributed by atoms with E-state index < -0.39 is 0 Å². The second-order valence-corrected chi connectivity index (χ2v) is 4.64. The van der Waals surface area contributed by atoms with Gasteiger partial charge in [0.15, 0.2) is 11.5 Å². The van der Waals surface area contributed by atoms with Gasteiger partial charge in [0.05, 0.1) is 14.2 Å². The van der Waals surface area contributed by atoms with Gasteiger partial charge in [0.1, 0.15) is 0 Å². The molecule has 4 nitrogen and oxygen atoms in total. The first-order chi connectivity index (χ1) is 9.63. The van der Waals surface area contributed by atoms with Crippen molar-refractivity contribution in [3.8, 4) is 11.5 Å². The summed E-state index contributed by atoms with van der Waals surface area (Å²) in [6.07, 6.45) is 0.